The molecule has 0 spiro atoms. The number of amides is 1. The summed E-state index contributed by atoms with van der Waals surface area (Å²) in [4.78, 5) is 11.8. The normalized spacial score (nSPS) is 10.0. The summed E-state index contributed by atoms with van der Waals surface area (Å²) in [6.45, 7) is 0. The molecule has 17 heavy (non-hydrogen) atoms. The van der Waals surface area contributed by atoms with E-state index in [1.54, 1.807) is 24.3 Å². The van der Waals surface area contributed by atoms with Crippen LogP contribution in [-0.4, -0.2) is 5.91 Å². The van der Waals surface area contributed by atoms with Crippen molar-refractivity contribution in [3.63, 3.8) is 0 Å². The first-order chi connectivity index (χ1) is 8.16. The third kappa shape index (κ3) is 2.82. The van der Waals surface area contributed by atoms with Crippen LogP contribution in [0.5, 0.6) is 0 Å². The summed E-state index contributed by atoms with van der Waals surface area (Å²) in [5.74, 6) is -0.768. The maximum Gasteiger partial charge on any atom is 0.255 e. The van der Waals surface area contributed by atoms with Crippen molar-refractivity contribution in [2.24, 2.45) is 0 Å². The van der Waals surface area contributed by atoms with Crippen LogP contribution in [0.4, 0.5) is 10.1 Å². The Balaban J connectivity index is 2.22. The Morgan fingerprint density at radius 3 is 2.53 bits per heavy atom. The second kappa shape index (κ2) is 4.97. The molecule has 0 bridgehead atoms. The average molecular weight is 250 g/mol. The Bertz CT molecular complexity index is 542. The highest BCUT2D eigenvalue weighted by Gasteiger charge is 2.08. The molecule has 2 aromatic carbocycles. The van der Waals surface area contributed by atoms with Crippen molar-refractivity contribution in [3.8, 4) is 0 Å². The van der Waals surface area contributed by atoms with Gasteiger partial charge >= 0.3 is 0 Å². The summed E-state index contributed by atoms with van der Waals surface area (Å²) in [6, 6.07) is 12.5. The minimum atomic E-state index is -0.447. The molecule has 0 saturated heterocycles. The molecular formula is C13H9ClFNO. The van der Waals surface area contributed by atoms with Crippen molar-refractivity contribution < 1.29 is 9.18 Å². The number of nitrogens with one attached hydrogen (secondary N) is 1. The van der Waals surface area contributed by atoms with Gasteiger partial charge in [0.05, 0.1) is 10.7 Å². The lowest BCUT2D eigenvalue weighted by Crippen LogP contribution is -2.12. The van der Waals surface area contributed by atoms with Gasteiger partial charge in [-0.15, -0.1) is 0 Å². The fraction of sp³-hybridized carbons (Fsp3) is 0. The topological polar surface area (TPSA) is 29.1 Å². The molecule has 0 aromatic heterocycles. The number of hydrogen-bond donors (Lipinski definition) is 1. The Labute approximate surface area is 103 Å². The molecule has 2 nitrogen and oxygen atoms in total. The molecule has 0 fully saturated rings. The van der Waals surface area contributed by atoms with Crippen LogP contribution >= 0.6 is 11.6 Å². The van der Waals surface area contributed by atoms with Crippen LogP contribution in [0.15, 0.2) is 48.5 Å². The summed E-state index contributed by atoms with van der Waals surface area (Å²) >= 11 is 5.85. The van der Waals surface area contributed by atoms with E-state index in [0.29, 0.717) is 10.6 Å². The first-order valence-corrected chi connectivity index (χ1v) is 5.36. The van der Waals surface area contributed by atoms with E-state index in [1.165, 1.54) is 18.2 Å². The van der Waals surface area contributed by atoms with Crippen LogP contribution in [0.2, 0.25) is 5.02 Å². The second-order valence-electron chi connectivity index (χ2n) is 3.44. The van der Waals surface area contributed by atoms with Gasteiger partial charge in [-0.1, -0.05) is 29.8 Å². The van der Waals surface area contributed by atoms with Crippen molar-refractivity contribution in [1.29, 1.82) is 0 Å². The smallest absolute Gasteiger partial charge is 0.255 e. The van der Waals surface area contributed by atoms with Gasteiger partial charge in [-0.05, 0) is 30.3 Å². The largest absolute Gasteiger partial charge is 0.321 e. The maximum absolute atomic E-state index is 13.0. The minimum Gasteiger partial charge on any atom is -0.321 e. The van der Waals surface area contributed by atoms with E-state index in [1.807, 2.05) is 6.07 Å². The van der Waals surface area contributed by atoms with Gasteiger partial charge in [0.15, 0.2) is 0 Å². The summed E-state index contributed by atoms with van der Waals surface area (Å²) in [5, 5.41) is 2.86. The molecule has 0 radical (unpaired) electrons. The van der Waals surface area contributed by atoms with E-state index < -0.39 is 5.82 Å². The van der Waals surface area contributed by atoms with E-state index in [9.17, 15) is 9.18 Å². The lowest BCUT2D eigenvalue weighted by Gasteiger charge is -2.07. The Hall–Kier alpha value is -1.87. The first kappa shape index (κ1) is 11.6. The fourth-order valence-corrected chi connectivity index (χ4v) is 1.54. The van der Waals surface area contributed by atoms with E-state index in [4.69, 9.17) is 11.6 Å². The minimum absolute atomic E-state index is 0.264. The van der Waals surface area contributed by atoms with E-state index in [-0.39, 0.29) is 11.6 Å². The third-order valence-electron chi connectivity index (χ3n) is 2.21. The number of hydrogen-bond acceptors (Lipinski definition) is 1. The molecular weight excluding hydrogens is 241 g/mol. The highest BCUT2D eigenvalue weighted by Crippen LogP contribution is 2.22. The van der Waals surface area contributed by atoms with Gasteiger partial charge in [-0.25, -0.2) is 4.39 Å². The number of rotatable bonds is 2. The molecule has 4 heteroatoms. The van der Waals surface area contributed by atoms with Crippen molar-refractivity contribution in [2.45, 2.75) is 0 Å². The Kier molecular flexibility index (Phi) is 3.40. The predicted molar refractivity (Wildman–Crippen MR) is 65.8 cm³/mol. The predicted octanol–water partition coefficient (Wildman–Crippen LogP) is 3.73. The first-order valence-electron chi connectivity index (χ1n) is 4.98. The zero-order valence-corrected chi connectivity index (χ0v) is 9.54. The monoisotopic (exact) mass is 249 g/mol. The number of carbonyl (C=O) groups excluding carboxylic acids is 1. The molecule has 0 aliphatic rings. The summed E-state index contributed by atoms with van der Waals surface area (Å²) in [5.41, 5.74) is 0.758. The standard InChI is InChI=1S/C13H9ClFNO/c14-11-7-6-10(15)8-12(11)16-13(17)9-4-2-1-3-5-9/h1-8H,(H,16,17). The van der Waals surface area contributed by atoms with Gasteiger partial charge in [0.2, 0.25) is 0 Å². The molecule has 2 aromatic rings. The van der Waals surface area contributed by atoms with Gasteiger partial charge in [-0.2, -0.15) is 0 Å². The van der Waals surface area contributed by atoms with Gasteiger partial charge in [0, 0.05) is 5.56 Å². The van der Waals surface area contributed by atoms with Crippen LogP contribution < -0.4 is 5.32 Å². The SMILES string of the molecule is O=C(Nc1cc(F)ccc1Cl)c1ccccc1. The van der Waals surface area contributed by atoms with Crippen LogP contribution in [0.25, 0.3) is 0 Å². The van der Waals surface area contributed by atoms with Crippen LogP contribution in [-0.2, 0) is 0 Å². The zero-order chi connectivity index (χ0) is 12.3. The quantitative estimate of drug-likeness (QED) is 0.863. The second-order valence-corrected chi connectivity index (χ2v) is 3.85. The van der Waals surface area contributed by atoms with Gasteiger partial charge in [0.25, 0.3) is 5.91 Å². The molecule has 0 aliphatic heterocycles. The van der Waals surface area contributed by atoms with Crippen molar-refractivity contribution in [1.82, 2.24) is 0 Å². The van der Waals surface area contributed by atoms with Crippen LogP contribution in [0, 0.1) is 5.82 Å². The molecule has 86 valence electrons. The molecule has 0 saturated carbocycles. The van der Waals surface area contributed by atoms with E-state index >= 15 is 0 Å². The van der Waals surface area contributed by atoms with Crippen LogP contribution in [0.3, 0.4) is 0 Å². The molecule has 1 N–H and O–H groups in total. The van der Waals surface area contributed by atoms with E-state index in [0.717, 1.165) is 0 Å². The molecule has 0 aliphatic carbocycles. The number of anilines is 1. The molecule has 0 heterocycles. The van der Waals surface area contributed by atoms with Gasteiger partial charge in [-0.3, -0.25) is 4.79 Å². The average Bonchev–Trinajstić information content (AvgIpc) is 2.35. The highest BCUT2D eigenvalue weighted by atomic mass is 35.5. The number of halogens is 2. The lowest BCUT2D eigenvalue weighted by molar-refractivity contribution is 0.102. The number of carbonyl (C=O) groups is 1. The summed E-state index contributed by atoms with van der Waals surface area (Å²) in [7, 11) is 0. The third-order valence-corrected chi connectivity index (χ3v) is 2.54. The van der Waals surface area contributed by atoms with Gasteiger partial charge < -0.3 is 5.32 Å². The molecule has 0 unspecified atom stereocenters. The molecule has 1 amide bonds. The maximum atomic E-state index is 13.0. The number of benzene rings is 2. The highest BCUT2D eigenvalue weighted by molar-refractivity contribution is 6.33. The van der Waals surface area contributed by atoms with Gasteiger partial charge in [0.1, 0.15) is 5.82 Å². The zero-order valence-electron chi connectivity index (χ0n) is 8.78. The Morgan fingerprint density at radius 2 is 1.82 bits per heavy atom. The van der Waals surface area contributed by atoms with Crippen molar-refractivity contribution in [2.75, 3.05) is 5.32 Å². The molecule has 2 rings (SSSR count). The van der Waals surface area contributed by atoms with Crippen molar-refractivity contribution in [3.05, 3.63) is 64.9 Å². The van der Waals surface area contributed by atoms with E-state index in [2.05, 4.69) is 5.32 Å². The van der Waals surface area contributed by atoms with Crippen molar-refractivity contribution >= 4 is 23.2 Å². The summed E-state index contributed by atoms with van der Waals surface area (Å²) < 4.78 is 13.0. The fourth-order valence-electron chi connectivity index (χ4n) is 1.38. The molecule has 0 atom stereocenters. The lowest BCUT2D eigenvalue weighted by atomic mass is 10.2. The summed E-state index contributed by atoms with van der Waals surface area (Å²) in [6.07, 6.45) is 0. The Morgan fingerprint density at radius 1 is 1.12 bits per heavy atom. The van der Waals surface area contributed by atoms with Crippen LogP contribution in [0.1, 0.15) is 10.4 Å².